The minimum absolute atomic E-state index is 0.132. The van der Waals surface area contributed by atoms with Crippen molar-refractivity contribution in [3.63, 3.8) is 0 Å². The Morgan fingerprint density at radius 2 is 2.23 bits per heavy atom. The Kier molecular flexibility index (Phi) is 7.19. The quantitative estimate of drug-likeness (QED) is 0.724. The van der Waals surface area contributed by atoms with Gasteiger partial charge in [-0.2, -0.15) is 0 Å². The summed E-state index contributed by atoms with van der Waals surface area (Å²) in [6.45, 7) is 6.34. The van der Waals surface area contributed by atoms with Crippen molar-refractivity contribution in [1.29, 1.82) is 0 Å². The minimum Gasteiger partial charge on any atom is -0.381 e. The van der Waals surface area contributed by atoms with Crippen molar-refractivity contribution >= 4 is 6.03 Å². The van der Waals surface area contributed by atoms with Gasteiger partial charge in [0.1, 0.15) is 0 Å². The second-order valence-electron chi connectivity index (χ2n) is 5.69. The van der Waals surface area contributed by atoms with Gasteiger partial charge in [-0.15, -0.1) is 0 Å². The maximum atomic E-state index is 11.7. The number of nitrogens with one attached hydrogen (secondary N) is 2. The van der Waals surface area contributed by atoms with Crippen molar-refractivity contribution in [2.24, 2.45) is 5.92 Å². The molecule has 1 aromatic carbocycles. The predicted octanol–water partition coefficient (Wildman–Crippen LogP) is 2.24. The maximum absolute atomic E-state index is 11.7. The van der Waals surface area contributed by atoms with Gasteiger partial charge in [0.15, 0.2) is 0 Å². The summed E-state index contributed by atoms with van der Waals surface area (Å²) in [5.74, 6) is 0.547. The number of urea groups is 1. The van der Waals surface area contributed by atoms with E-state index in [4.69, 9.17) is 9.47 Å². The number of amides is 2. The van der Waals surface area contributed by atoms with Gasteiger partial charge in [0, 0.05) is 32.2 Å². The van der Waals surface area contributed by atoms with Crippen LogP contribution in [0.15, 0.2) is 24.3 Å². The normalized spacial score (nSPS) is 17.4. The third kappa shape index (κ3) is 6.03. The largest absolute Gasteiger partial charge is 0.381 e. The molecule has 2 N–H and O–H groups in total. The molecule has 0 aliphatic carbocycles. The highest BCUT2D eigenvalue weighted by Crippen LogP contribution is 2.12. The highest BCUT2D eigenvalue weighted by atomic mass is 16.5. The maximum Gasteiger partial charge on any atom is 0.315 e. The molecule has 1 aliphatic rings. The van der Waals surface area contributed by atoms with Crippen molar-refractivity contribution in [3.05, 3.63) is 35.4 Å². The van der Waals surface area contributed by atoms with E-state index in [-0.39, 0.29) is 6.03 Å². The van der Waals surface area contributed by atoms with Crippen molar-refractivity contribution < 1.29 is 14.3 Å². The lowest BCUT2D eigenvalue weighted by Crippen LogP contribution is -2.36. The number of carbonyl (C=O) groups is 1. The number of carbonyl (C=O) groups excluding carboxylic acids is 1. The highest BCUT2D eigenvalue weighted by molar-refractivity contribution is 5.73. The minimum atomic E-state index is -0.132. The van der Waals surface area contributed by atoms with Crippen LogP contribution in [-0.4, -0.2) is 39.0 Å². The highest BCUT2D eigenvalue weighted by Gasteiger charge is 2.15. The van der Waals surface area contributed by atoms with Crippen molar-refractivity contribution in [1.82, 2.24) is 10.6 Å². The second kappa shape index (κ2) is 9.43. The van der Waals surface area contributed by atoms with E-state index >= 15 is 0 Å². The Morgan fingerprint density at radius 3 is 3.00 bits per heavy atom. The molecule has 2 rings (SSSR count). The molecule has 2 amide bonds. The first-order chi connectivity index (χ1) is 10.8. The van der Waals surface area contributed by atoms with Crippen LogP contribution in [0.3, 0.4) is 0 Å². The average Bonchev–Trinajstić information content (AvgIpc) is 3.03. The third-order valence-corrected chi connectivity index (χ3v) is 3.83. The summed E-state index contributed by atoms with van der Waals surface area (Å²) >= 11 is 0. The van der Waals surface area contributed by atoms with Gasteiger partial charge in [-0.05, 0) is 30.9 Å². The summed E-state index contributed by atoms with van der Waals surface area (Å²) in [6.07, 6.45) is 1.92. The van der Waals surface area contributed by atoms with Crippen LogP contribution in [0.5, 0.6) is 0 Å². The number of hydrogen-bond donors (Lipinski definition) is 2. The molecule has 1 atom stereocenters. The first kappa shape index (κ1) is 16.8. The zero-order chi connectivity index (χ0) is 15.6. The standard InChI is InChI=1S/C17H26N2O3/c1-14-5-2-3-6-16(14)11-19-17(20)18-8-4-9-21-12-15-7-10-22-13-15/h2-3,5-6,15H,4,7-13H2,1H3,(H2,18,19,20)/t15-/m0/s1. The van der Waals surface area contributed by atoms with Crippen LogP contribution in [0, 0.1) is 12.8 Å². The molecule has 0 spiro atoms. The first-order valence-corrected chi connectivity index (χ1v) is 7.97. The van der Waals surface area contributed by atoms with Crippen molar-refractivity contribution in [3.8, 4) is 0 Å². The van der Waals surface area contributed by atoms with Crippen LogP contribution in [0.25, 0.3) is 0 Å². The van der Waals surface area contributed by atoms with Crippen molar-refractivity contribution in [2.75, 3.05) is 33.0 Å². The third-order valence-electron chi connectivity index (χ3n) is 3.83. The molecule has 0 saturated carbocycles. The Hall–Kier alpha value is -1.59. The molecule has 5 nitrogen and oxygen atoms in total. The molecule has 122 valence electrons. The zero-order valence-electron chi connectivity index (χ0n) is 13.3. The van der Waals surface area contributed by atoms with Crippen molar-refractivity contribution in [2.45, 2.75) is 26.3 Å². The van der Waals surface area contributed by atoms with Crippen LogP contribution in [0.4, 0.5) is 4.79 Å². The summed E-state index contributed by atoms with van der Waals surface area (Å²) in [5, 5.41) is 5.71. The first-order valence-electron chi connectivity index (χ1n) is 7.97. The molecule has 0 aromatic heterocycles. The second-order valence-corrected chi connectivity index (χ2v) is 5.69. The lowest BCUT2D eigenvalue weighted by molar-refractivity contribution is 0.0885. The predicted molar refractivity (Wildman–Crippen MR) is 85.8 cm³/mol. The zero-order valence-corrected chi connectivity index (χ0v) is 13.3. The number of benzene rings is 1. The Bertz CT molecular complexity index is 459. The van der Waals surface area contributed by atoms with Crippen LogP contribution in [0.2, 0.25) is 0 Å². The SMILES string of the molecule is Cc1ccccc1CNC(=O)NCCCOC[C@@H]1CCOC1. The van der Waals surface area contributed by atoms with E-state index < -0.39 is 0 Å². The van der Waals surface area contributed by atoms with Gasteiger partial charge in [0.05, 0.1) is 13.2 Å². The molecule has 1 aromatic rings. The molecular weight excluding hydrogens is 280 g/mol. The summed E-state index contributed by atoms with van der Waals surface area (Å²) in [5.41, 5.74) is 2.33. The Balaban J connectivity index is 1.48. The molecule has 0 radical (unpaired) electrons. The Labute approximate surface area is 132 Å². The lowest BCUT2D eigenvalue weighted by Gasteiger charge is -2.10. The smallest absolute Gasteiger partial charge is 0.315 e. The summed E-state index contributed by atoms with van der Waals surface area (Å²) in [7, 11) is 0. The molecule has 5 heteroatoms. The fourth-order valence-electron chi connectivity index (χ4n) is 2.39. The summed E-state index contributed by atoms with van der Waals surface area (Å²) in [4.78, 5) is 11.7. The van der Waals surface area contributed by atoms with E-state index in [1.807, 2.05) is 31.2 Å². The van der Waals surface area contributed by atoms with Crippen LogP contribution in [-0.2, 0) is 16.0 Å². The van der Waals surface area contributed by atoms with Gasteiger partial charge in [-0.3, -0.25) is 0 Å². The number of rotatable bonds is 8. The molecule has 1 fully saturated rings. The van der Waals surface area contributed by atoms with Crippen LogP contribution in [0.1, 0.15) is 24.0 Å². The van der Waals surface area contributed by atoms with E-state index in [1.54, 1.807) is 0 Å². The molecule has 1 saturated heterocycles. The van der Waals surface area contributed by atoms with E-state index in [0.29, 0.717) is 25.6 Å². The van der Waals surface area contributed by atoms with Gasteiger partial charge in [0.2, 0.25) is 0 Å². The summed E-state index contributed by atoms with van der Waals surface area (Å²) < 4.78 is 10.9. The fraction of sp³-hybridized carbons (Fsp3) is 0.588. The molecule has 0 unspecified atom stereocenters. The molecule has 1 aliphatic heterocycles. The van der Waals surface area contributed by atoms with Gasteiger partial charge in [0.25, 0.3) is 0 Å². The number of aryl methyl sites for hydroxylation is 1. The van der Waals surface area contributed by atoms with Crippen LogP contribution >= 0.6 is 0 Å². The monoisotopic (exact) mass is 306 g/mol. The van der Waals surface area contributed by atoms with Gasteiger partial charge >= 0.3 is 6.03 Å². The Morgan fingerprint density at radius 1 is 1.36 bits per heavy atom. The van der Waals surface area contributed by atoms with E-state index in [1.165, 1.54) is 5.56 Å². The molecule has 22 heavy (non-hydrogen) atoms. The molecular formula is C17H26N2O3. The number of ether oxygens (including phenoxy) is 2. The van der Waals surface area contributed by atoms with E-state index in [9.17, 15) is 4.79 Å². The van der Waals surface area contributed by atoms with Gasteiger partial charge in [-0.1, -0.05) is 24.3 Å². The van der Waals surface area contributed by atoms with Gasteiger partial charge < -0.3 is 20.1 Å². The lowest BCUT2D eigenvalue weighted by atomic mass is 10.1. The van der Waals surface area contributed by atoms with E-state index in [0.717, 1.165) is 38.2 Å². The van der Waals surface area contributed by atoms with Crippen LogP contribution < -0.4 is 10.6 Å². The topological polar surface area (TPSA) is 59.6 Å². The van der Waals surface area contributed by atoms with E-state index in [2.05, 4.69) is 10.6 Å². The number of hydrogen-bond acceptors (Lipinski definition) is 3. The van der Waals surface area contributed by atoms with Gasteiger partial charge in [-0.25, -0.2) is 4.79 Å². The average molecular weight is 306 g/mol. The summed E-state index contributed by atoms with van der Waals surface area (Å²) in [6, 6.07) is 7.91. The fourth-order valence-corrected chi connectivity index (χ4v) is 2.39. The molecule has 0 bridgehead atoms. The molecule has 1 heterocycles.